The van der Waals surface area contributed by atoms with Gasteiger partial charge in [-0.05, 0) is 12.8 Å². The van der Waals surface area contributed by atoms with Gasteiger partial charge in [-0.3, -0.25) is 4.79 Å². The largest absolute Gasteiger partial charge is 0.368 e. The van der Waals surface area contributed by atoms with Crippen LogP contribution in [0.5, 0.6) is 0 Å². The molecule has 14 heavy (non-hydrogen) atoms. The molecule has 0 bridgehead atoms. The first kappa shape index (κ1) is 14.7. The molecule has 7 nitrogen and oxygen atoms in total. The molecule has 0 unspecified atom stereocenters. The van der Waals surface area contributed by atoms with E-state index in [0.29, 0.717) is 12.8 Å². The molecule has 0 radical (unpaired) electrons. The summed E-state index contributed by atoms with van der Waals surface area (Å²) in [7, 11) is 0. The molecule has 0 rings (SSSR count). The van der Waals surface area contributed by atoms with Gasteiger partial charge in [0.15, 0.2) is 0 Å². The van der Waals surface area contributed by atoms with Crippen molar-refractivity contribution < 1.29 is 15.1 Å². The van der Waals surface area contributed by atoms with E-state index in [1.807, 2.05) is 6.07 Å². The van der Waals surface area contributed by atoms with Gasteiger partial charge in [0.25, 0.3) is 5.09 Å². The van der Waals surface area contributed by atoms with Crippen LogP contribution in [0.2, 0.25) is 0 Å². The molecule has 3 N–H and O–H groups in total. The minimum atomic E-state index is -1.50. The van der Waals surface area contributed by atoms with Crippen molar-refractivity contribution in [3.63, 3.8) is 0 Å². The van der Waals surface area contributed by atoms with Crippen molar-refractivity contribution in [3.8, 4) is 6.07 Å². The quantitative estimate of drug-likeness (QED) is 0.508. The van der Waals surface area contributed by atoms with E-state index in [9.17, 15) is 4.79 Å². The number of carbonyl (C=O) groups excluding carboxylic acids is 1. The highest BCUT2D eigenvalue weighted by Crippen LogP contribution is 2.23. The van der Waals surface area contributed by atoms with Crippen molar-refractivity contribution in [2.45, 2.75) is 26.7 Å². The molecule has 80 valence electrons. The van der Waals surface area contributed by atoms with Crippen LogP contribution >= 0.6 is 0 Å². The Morgan fingerprint density at radius 2 is 1.93 bits per heavy atom. The smallest absolute Gasteiger partial charge is 0.291 e. The first-order valence-electron chi connectivity index (χ1n) is 3.90. The summed E-state index contributed by atoms with van der Waals surface area (Å²) in [6.07, 6.45) is 0.991. The van der Waals surface area contributed by atoms with E-state index in [4.69, 9.17) is 26.3 Å². The highest BCUT2D eigenvalue weighted by molar-refractivity contribution is 5.83. The molecule has 1 amide bonds. The van der Waals surface area contributed by atoms with Crippen LogP contribution in [0.1, 0.15) is 26.7 Å². The third kappa shape index (κ3) is 4.92. The van der Waals surface area contributed by atoms with Crippen molar-refractivity contribution in [2.75, 3.05) is 0 Å². The zero-order valence-electron chi connectivity index (χ0n) is 8.06. The minimum Gasteiger partial charge on any atom is -0.368 e. The van der Waals surface area contributed by atoms with Gasteiger partial charge in [0, 0.05) is 0 Å². The summed E-state index contributed by atoms with van der Waals surface area (Å²) in [5.74, 6) is -0.514. The van der Waals surface area contributed by atoms with E-state index in [0.717, 1.165) is 0 Å². The summed E-state index contributed by atoms with van der Waals surface area (Å²) < 4.78 is 0. The molecule has 7 heteroatoms. The van der Waals surface area contributed by atoms with Crippen molar-refractivity contribution in [1.29, 1.82) is 5.26 Å². The fourth-order valence-electron chi connectivity index (χ4n) is 0.812. The summed E-state index contributed by atoms with van der Waals surface area (Å²) in [6, 6.07) is 1.94. The Morgan fingerprint density at radius 3 is 1.93 bits per heavy atom. The normalized spacial score (nSPS) is 9.21. The van der Waals surface area contributed by atoms with E-state index in [-0.39, 0.29) is 0 Å². The van der Waals surface area contributed by atoms with Crippen LogP contribution < -0.4 is 5.73 Å². The lowest BCUT2D eigenvalue weighted by Gasteiger charge is -2.17. The van der Waals surface area contributed by atoms with Crippen molar-refractivity contribution in [1.82, 2.24) is 0 Å². The zero-order valence-corrected chi connectivity index (χ0v) is 8.06. The van der Waals surface area contributed by atoms with Crippen molar-refractivity contribution in [2.24, 2.45) is 11.1 Å². The highest BCUT2D eigenvalue weighted by Gasteiger charge is 2.32. The SMILES string of the molecule is CCC(C#N)(CC)C(N)=O.O=[N+]([O-])O. The maximum Gasteiger partial charge on any atom is 0.291 e. The predicted octanol–water partition coefficient (Wildman–Crippen LogP) is 0.454. The topological polar surface area (TPSA) is 130 Å². The highest BCUT2D eigenvalue weighted by atomic mass is 16.9. The van der Waals surface area contributed by atoms with E-state index < -0.39 is 16.4 Å². The van der Waals surface area contributed by atoms with Crippen LogP contribution in [0, 0.1) is 26.9 Å². The molecule has 0 saturated heterocycles. The number of nitrogens with two attached hydrogens (primary N) is 1. The van der Waals surface area contributed by atoms with Crippen molar-refractivity contribution >= 4 is 5.91 Å². The molecule has 0 spiro atoms. The summed E-state index contributed by atoms with van der Waals surface area (Å²) in [5, 5.41) is 22.2. The number of primary amides is 1. The molecule has 0 atom stereocenters. The third-order valence-electron chi connectivity index (χ3n) is 1.89. The van der Waals surface area contributed by atoms with Crippen LogP contribution in [-0.4, -0.2) is 16.2 Å². The van der Waals surface area contributed by atoms with Crippen molar-refractivity contribution in [3.05, 3.63) is 10.1 Å². The fourth-order valence-corrected chi connectivity index (χ4v) is 0.812. The number of hydrogen-bond acceptors (Lipinski definition) is 4. The van der Waals surface area contributed by atoms with Gasteiger partial charge in [0.2, 0.25) is 5.91 Å². The number of nitrogens with zero attached hydrogens (tertiary/aromatic N) is 2. The van der Waals surface area contributed by atoms with E-state index in [1.54, 1.807) is 13.8 Å². The summed E-state index contributed by atoms with van der Waals surface area (Å²) in [6.45, 7) is 3.58. The Bertz CT molecular complexity index is 238. The molecule has 0 aromatic rings. The van der Waals surface area contributed by atoms with Crippen LogP contribution in [0.25, 0.3) is 0 Å². The Morgan fingerprint density at radius 1 is 1.64 bits per heavy atom. The molecular weight excluding hydrogens is 190 g/mol. The first-order chi connectivity index (χ1) is 6.36. The maximum atomic E-state index is 10.7. The second-order valence-corrected chi connectivity index (χ2v) is 2.50. The van der Waals surface area contributed by atoms with E-state index in [2.05, 4.69) is 0 Å². The van der Waals surface area contributed by atoms with Gasteiger partial charge in [-0.15, -0.1) is 10.1 Å². The number of hydrogen-bond donors (Lipinski definition) is 2. The third-order valence-corrected chi connectivity index (χ3v) is 1.89. The number of rotatable bonds is 3. The Balaban J connectivity index is 0. The van der Waals surface area contributed by atoms with Crippen LogP contribution in [0.4, 0.5) is 0 Å². The Hall–Kier alpha value is -1.84. The minimum absolute atomic E-state index is 0.495. The lowest BCUT2D eigenvalue weighted by Crippen LogP contribution is -2.34. The van der Waals surface area contributed by atoms with Gasteiger partial charge in [0.05, 0.1) is 6.07 Å². The number of amides is 1. The number of carbonyl (C=O) groups is 1. The molecule has 0 heterocycles. The van der Waals surface area contributed by atoms with Gasteiger partial charge < -0.3 is 10.9 Å². The lowest BCUT2D eigenvalue weighted by atomic mass is 9.83. The standard InChI is InChI=1S/C7H12N2O.HNO3/c1-3-7(4-2,5-8)6(9)10;2-1(3)4/h3-4H2,1-2H3,(H2,9,10);(H,2,3,4). The van der Waals surface area contributed by atoms with Crippen LogP contribution in [0.15, 0.2) is 0 Å². The molecule has 0 fully saturated rings. The second-order valence-electron chi connectivity index (χ2n) is 2.50. The van der Waals surface area contributed by atoms with Gasteiger partial charge in [0.1, 0.15) is 5.41 Å². The molecule has 0 aromatic carbocycles. The van der Waals surface area contributed by atoms with Gasteiger partial charge in [-0.2, -0.15) is 5.26 Å². The second kappa shape index (κ2) is 6.65. The zero-order chi connectivity index (χ0) is 11.8. The molecule has 0 aliphatic rings. The molecule has 0 saturated carbocycles. The Labute approximate surface area is 81.2 Å². The molecule has 0 aliphatic heterocycles. The van der Waals surface area contributed by atoms with Crippen LogP contribution in [0.3, 0.4) is 0 Å². The fraction of sp³-hybridized carbons (Fsp3) is 0.714. The summed E-state index contributed by atoms with van der Waals surface area (Å²) in [5.41, 5.74) is 4.11. The Kier molecular flexibility index (Phi) is 6.97. The molecular formula is C7H13N3O4. The van der Waals surface area contributed by atoms with Gasteiger partial charge in [-0.1, -0.05) is 13.8 Å². The lowest BCUT2D eigenvalue weighted by molar-refractivity contribution is -0.742. The van der Waals surface area contributed by atoms with Crippen LogP contribution in [-0.2, 0) is 4.79 Å². The average Bonchev–Trinajstić information content (AvgIpc) is 2.07. The van der Waals surface area contributed by atoms with Gasteiger partial charge in [-0.25, -0.2) is 0 Å². The number of nitriles is 1. The summed E-state index contributed by atoms with van der Waals surface area (Å²) in [4.78, 5) is 19.1. The average molecular weight is 203 g/mol. The van der Waals surface area contributed by atoms with E-state index >= 15 is 0 Å². The molecule has 0 aromatic heterocycles. The van der Waals surface area contributed by atoms with E-state index in [1.165, 1.54) is 0 Å². The predicted molar refractivity (Wildman–Crippen MR) is 46.6 cm³/mol. The summed E-state index contributed by atoms with van der Waals surface area (Å²) >= 11 is 0. The molecule has 0 aliphatic carbocycles. The van der Waals surface area contributed by atoms with Gasteiger partial charge >= 0.3 is 0 Å². The maximum absolute atomic E-state index is 10.7. The first-order valence-corrected chi connectivity index (χ1v) is 3.90. The monoisotopic (exact) mass is 203 g/mol.